The summed E-state index contributed by atoms with van der Waals surface area (Å²) in [5.74, 6) is 1.51. The van der Waals surface area contributed by atoms with Gasteiger partial charge in [0, 0.05) is 4.47 Å². The number of methoxy groups -OCH3 is 1. The van der Waals surface area contributed by atoms with E-state index in [0.717, 1.165) is 8.04 Å². The summed E-state index contributed by atoms with van der Waals surface area (Å²) in [4.78, 5) is 24.6. The van der Waals surface area contributed by atoms with Crippen LogP contribution in [0.1, 0.15) is 12.5 Å². The Balaban J connectivity index is 2.01. The van der Waals surface area contributed by atoms with Crippen molar-refractivity contribution in [3.8, 4) is 23.8 Å². The Bertz CT molecular complexity index is 1000. The molecule has 2 aromatic rings. The van der Waals surface area contributed by atoms with Gasteiger partial charge in [-0.1, -0.05) is 18.1 Å². The molecule has 0 spiro atoms. The van der Waals surface area contributed by atoms with Crippen molar-refractivity contribution < 1.29 is 19.1 Å². The first-order chi connectivity index (χ1) is 14.4. The zero-order valence-electron chi connectivity index (χ0n) is 16.2. The summed E-state index contributed by atoms with van der Waals surface area (Å²) in [6.07, 6.45) is 6.68. The van der Waals surface area contributed by atoms with Gasteiger partial charge < -0.3 is 14.8 Å². The average Bonchev–Trinajstić information content (AvgIpc) is 2.73. The van der Waals surface area contributed by atoms with Crippen molar-refractivity contribution >= 4 is 62.2 Å². The van der Waals surface area contributed by atoms with Gasteiger partial charge in [0.1, 0.15) is 12.5 Å². The van der Waals surface area contributed by atoms with Crippen molar-refractivity contribution in [2.75, 3.05) is 19.0 Å². The maximum absolute atomic E-state index is 12.3. The molecular weight excluding hydrogens is 565 g/mol. The van der Waals surface area contributed by atoms with Crippen LogP contribution in [-0.2, 0) is 9.59 Å². The van der Waals surface area contributed by atoms with Gasteiger partial charge in [0.05, 0.1) is 22.6 Å². The van der Waals surface area contributed by atoms with E-state index in [9.17, 15) is 9.59 Å². The molecule has 0 aromatic heterocycles. The van der Waals surface area contributed by atoms with Crippen molar-refractivity contribution in [1.29, 1.82) is 0 Å². The molecule has 2 aromatic carbocycles. The molecule has 0 aliphatic heterocycles. The maximum atomic E-state index is 12.3. The van der Waals surface area contributed by atoms with Crippen molar-refractivity contribution in [2.24, 2.45) is 11.0 Å². The molecule has 2 rings (SSSR count). The van der Waals surface area contributed by atoms with E-state index >= 15 is 0 Å². The minimum Gasteiger partial charge on any atom is -0.493 e. The Hall–Kier alpha value is -2.58. The molecule has 30 heavy (non-hydrogen) atoms. The van der Waals surface area contributed by atoms with E-state index in [0.29, 0.717) is 22.7 Å². The third kappa shape index (κ3) is 6.47. The summed E-state index contributed by atoms with van der Waals surface area (Å²) in [7, 11) is 1.52. The molecule has 156 valence electrons. The van der Waals surface area contributed by atoms with Gasteiger partial charge in [0.15, 0.2) is 11.5 Å². The highest BCUT2D eigenvalue weighted by atomic mass is 127. The van der Waals surface area contributed by atoms with E-state index < -0.39 is 17.7 Å². The maximum Gasteiger partial charge on any atom is 0.252 e. The SMILES string of the molecule is C#CCOc1c(I)cc(C=NNC(=O)C(C)C(=O)Nc2ccccc2Br)cc1OC. The first-order valence-electron chi connectivity index (χ1n) is 8.69. The lowest BCUT2D eigenvalue weighted by Gasteiger charge is -2.12. The van der Waals surface area contributed by atoms with Crippen molar-refractivity contribution in [3.05, 3.63) is 50.0 Å². The summed E-state index contributed by atoms with van der Waals surface area (Å²) in [6, 6.07) is 10.6. The van der Waals surface area contributed by atoms with Gasteiger partial charge in [-0.15, -0.1) is 6.42 Å². The fourth-order valence-electron chi connectivity index (χ4n) is 2.26. The highest BCUT2D eigenvalue weighted by Crippen LogP contribution is 2.33. The molecule has 1 atom stereocenters. The number of carbonyl (C=O) groups excluding carboxylic acids is 2. The molecule has 1 unspecified atom stereocenters. The molecule has 0 heterocycles. The number of para-hydroxylation sites is 1. The van der Waals surface area contributed by atoms with Crippen LogP contribution in [0, 0.1) is 21.8 Å². The third-order valence-corrected chi connectivity index (χ3v) is 5.35. The lowest BCUT2D eigenvalue weighted by atomic mass is 10.1. The zero-order chi connectivity index (χ0) is 22.1. The van der Waals surface area contributed by atoms with E-state index in [1.165, 1.54) is 20.2 Å². The van der Waals surface area contributed by atoms with Crippen molar-refractivity contribution in [3.63, 3.8) is 0 Å². The van der Waals surface area contributed by atoms with Gasteiger partial charge >= 0.3 is 0 Å². The highest BCUT2D eigenvalue weighted by molar-refractivity contribution is 14.1. The first-order valence-corrected chi connectivity index (χ1v) is 10.6. The number of nitrogens with one attached hydrogen (secondary N) is 2. The number of carbonyl (C=O) groups is 2. The first kappa shape index (κ1) is 23.7. The number of halogens is 2. The fraction of sp³-hybridized carbons (Fsp3) is 0.190. The number of terminal acetylenes is 1. The lowest BCUT2D eigenvalue weighted by molar-refractivity contribution is -0.131. The Morgan fingerprint density at radius 2 is 2.07 bits per heavy atom. The van der Waals surface area contributed by atoms with Gasteiger partial charge in [-0.3, -0.25) is 9.59 Å². The summed E-state index contributed by atoms with van der Waals surface area (Å²) in [6.45, 7) is 1.62. The van der Waals surface area contributed by atoms with Crippen LogP contribution in [0.4, 0.5) is 5.69 Å². The molecule has 0 saturated carbocycles. The number of amides is 2. The molecule has 0 aliphatic carbocycles. The topological polar surface area (TPSA) is 89.0 Å². The number of hydrazone groups is 1. The summed E-state index contributed by atoms with van der Waals surface area (Å²) >= 11 is 5.44. The molecule has 0 aliphatic rings. The van der Waals surface area contributed by atoms with Crippen LogP contribution < -0.4 is 20.2 Å². The molecule has 9 heteroatoms. The van der Waals surface area contributed by atoms with Crippen LogP contribution in [0.15, 0.2) is 46.0 Å². The monoisotopic (exact) mass is 583 g/mol. The number of anilines is 1. The molecule has 0 fully saturated rings. The van der Waals surface area contributed by atoms with Crippen LogP contribution in [-0.4, -0.2) is 31.7 Å². The highest BCUT2D eigenvalue weighted by Gasteiger charge is 2.21. The smallest absolute Gasteiger partial charge is 0.252 e. The average molecular weight is 584 g/mol. The van der Waals surface area contributed by atoms with Crippen molar-refractivity contribution in [1.82, 2.24) is 5.43 Å². The number of hydrogen-bond donors (Lipinski definition) is 2. The number of hydrogen-bond acceptors (Lipinski definition) is 5. The van der Waals surface area contributed by atoms with Gasteiger partial charge in [-0.05, 0) is 75.3 Å². The van der Waals surface area contributed by atoms with E-state index in [-0.39, 0.29) is 6.61 Å². The second kappa shape index (κ2) is 11.6. The number of benzene rings is 2. The molecule has 7 nitrogen and oxygen atoms in total. The number of nitrogens with zero attached hydrogens (tertiary/aromatic N) is 1. The van der Waals surface area contributed by atoms with Crippen LogP contribution >= 0.6 is 38.5 Å². The minimum atomic E-state index is -0.941. The number of rotatable bonds is 8. The lowest BCUT2D eigenvalue weighted by Crippen LogP contribution is -2.34. The molecule has 0 saturated heterocycles. The molecule has 0 radical (unpaired) electrons. The van der Waals surface area contributed by atoms with E-state index in [2.05, 4.69) is 60.3 Å². The van der Waals surface area contributed by atoms with Gasteiger partial charge in [-0.2, -0.15) is 5.10 Å². The van der Waals surface area contributed by atoms with E-state index in [4.69, 9.17) is 15.9 Å². The van der Waals surface area contributed by atoms with E-state index in [1.807, 2.05) is 6.07 Å². The Morgan fingerprint density at radius 3 is 2.73 bits per heavy atom. The summed E-state index contributed by atoms with van der Waals surface area (Å²) in [5, 5.41) is 6.63. The van der Waals surface area contributed by atoms with E-state index in [1.54, 1.807) is 30.3 Å². The zero-order valence-corrected chi connectivity index (χ0v) is 20.0. The third-order valence-electron chi connectivity index (χ3n) is 3.86. The Morgan fingerprint density at radius 1 is 1.33 bits per heavy atom. The molecule has 2 N–H and O–H groups in total. The Labute approximate surface area is 196 Å². The molecular formula is C21H19BrIN3O4. The fourth-order valence-corrected chi connectivity index (χ4v) is 3.42. The Kier molecular flexibility index (Phi) is 9.14. The van der Waals surface area contributed by atoms with Gasteiger partial charge in [0.25, 0.3) is 5.91 Å². The predicted octanol–water partition coefficient (Wildman–Crippen LogP) is 3.80. The quantitative estimate of drug-likeness (QED) is 0.163. The standard InChI is InChI=1S/C21H19BrIN3O4/c1-4-9-30-19-16(23)10-14(11-18(19)29-3)12-24-26-21(28)13(2)20(27)25-17-8-6-5-7-15(17)22/h1,5-8,10-13H,9H2,2-3H3,(H,25,27)(H,26,28). The summed E-state index contributed by atoms with van der Waals surface area (Å²) in [5.41, 5.74) is 3.63. The normalized spacial score (nSPS) is 11.4. The summed E-state index contributed by atoms with van der Waals surface area (Å²) < 4.78 is 12.3. The van der Waals surface area contributed by atoms with Crippen LogP contribution in [0.5, 0.6) is 11.5 Å². The predicted molar refractivity (Wildman–Crippen MR) is 128 cm³/mol. The van der Waals surface area contributed by atoms with Gasteiger partial charge in [0.2, 0.25) is 5.91 Å². The minimum absolute atomic E-state index is 0.120. The van der Waals surface area contributed by atoms with Crippen LogP contribution in [0.3, 0.4) is 0 Å². The van der Waals surface area contributed by atoms with Crippen LogP contribution in [0.2, 0.25) is 0 Å². The van der Waals surface area contributed by atoms with Gasteiger partial charge in [-0.25, -0.2) is 5.43 Å². The molecule has 2 amide bonds. The molecule has 0 bridgehead atoms. The second-order valence-electron chi connectivity index (χ2n) is 5.95. The second-order valence-corrected chi connectivity index (χ2v) is 7.97. The van der Waals surface area contributed by atoms with Crippen molar-refractivity contribution in [2.45, 2.75) is 6.92 Å². The largest absolute Gasteiger partial charge is 0.493 e. The van der Waals surface area contributed by atoms with Crippen LogP contribution in [0.25, 0.3) is 0 Å². The number of ether oxygens (including phenoxy) is 2.